The number of allylic oxidation sites excluding steroid dienone is 1. The predicted molar refractivity (Wildman–Crippen MR) is 64.5 cm³/mol. The van der Waals surface area contributed by atoms with E-state index in [1.165, 1.54) is 0 Å². The maximum absolute atomic E-state index is 11.5. The molecule has 0 bridgehead atoms. The van der Waals surface area contributed by atoms with Crippen molar-refractivity contribution < 1.29 is 4.79 Å². The summed E-state index contributed by atoms with van der Waals surface area (Å²) in [6.45, 7) is 9.88. The lowest BCUT2D eigenvalue weighted by Crippen LogP contribution is -2.47. The molecule has 0 heterocycles. The van der Waals surface area contributed by atoms with Crippen LogP contribution in [-0.2, 0) is 4.79 Å². The molecule has 0 spiro atoms. The molecule has 3 nitrogen and oxygen atoms in total. The zero-order valence-electron chi connectivity index (χ0n) is 10.8. The highest BCUT2D eigenvalue weighted by molar-refractivity contribution is 5.82. The van der Waals surface area contributed by atoms with Crippen molar-refractivity contribution in [2.24, 2.45) is 5.41 Å². The number of ketones is 1. The largest absolute Gasteiger partial charge is 0.375 e. The fourth-order valence-electron chi connectivity index (χ4n) is 1.52. The number of rotatable bonds is 5. The molecule has 15 heavy (non-hydrogen) atoms. The normalized spacial score (nSPS) is 14.7. The topological polar surface area (TPSA) is 41.1 Å². The van der Waals surface area contributed by atoms with E-state index in [1.807, 2.05) is 13.1 Å². The fraction of sp³-hybridized carbons (Fsp3) is 0.750. The van der Waals surface area contributed by atoms with Gasteiger partial charge in [0.1, 0.15) is 0 Å². The number of nitrogens with one attached hydrogen (secondary N) is 2. The van der Waals surface area contributed by atoms with Gasteiger partial charge in [-0.2, -0.15) is 0 Å². The van der Waals surface area contributed by atoms with Crippen molar-refractivity contribution in [3.8, 4) is 0 Å². The van der Waals surface area contributed by atoms with E-state index in [0.717, 1.165) is 12.2 Å². The first kappa shape index (κ1) is 14.0. The van der Waals surface area contributed by atoms with Crippen LogP contribution >= 0.6 is 0 Å². The standard InChI is InChI=1S/C12H24N2O/c1-7-8-10(13-6)14-11(9(2)15)12(3,4)5/h8,11,13-14H,7H2,1-6H3/b10-8-. The van der Waals surface area contributed by atoms with Crippen molar-refractivity contribution in [3.63, 3.8) is 0 Å². The van der Waals surface area contributed by atoms with Gasteiger partial charge in [0.2, 0.25) is 0 Å². The Morgan fingerprint density at radius 2 is 1.93 bits per heavy atom. The first-order valence-corrected chi connectivity index (χ1v) is 5.47. The molecule has 0 saturated heterocycles. The second kappa shape index (κ2) is 5.79. The van der Waals surface area contributed by atoms with Gasteiger partial charge in [-0.1, -0.05) is 27.7 Å². The third-order valence-electron chi connectivity index (χ3n) is 2.25. The van der Waals surface area contributed by atoms with Crippen LogP contribution in [0.4, 0.5) is 0 Å². The Hall–Kier alpha value is -0.990. The van der Waals surface area contributed by atoms with Gasteiger partial charge >= 0.3 is 0 Å². The third kappa shape index (κ3) is 4.86. The molecule has 0 rings (SSSR count). The van der Waals surface area contributed by atoms with Gasteiger partial charge < -0.3 is 10.6 Å². The summed E-state index contributed by atoms with van der Waals surface area (Å²) in [6.07, 6.45) is 2.99. The van der Waals surface area contributed by atoms with Crippen LogP contribution in [-0.4, -0.2) is 18.9 Å². The predicted octanol–water partition coefficient (Wildman–Crippen LogP) is 2.05. The molecule has 2 N–H and O–H groups in total. The Balaban J connectivity index is 4.69. The van der Waals surface area contributed by atoms with E-state index in [-0.39, 0.29) is 17.2 Å². The molecule has 0 aromatic rings. The molecule has 0 amide bonds. The van der Waals surface area contributed by atoms with Crippen LogP contribution in [0.5, 0.6) is 0 Å². The maximum Gasteiger partial charge on any atom is 0.152 e. The lowest BCUT2D eigenvalue weighted by Gasteiger charge is -2.31. The van der Waals surface area contributed by atoms with Crippen molar-refractivity contribution in [1.29, 1.82) is 0 Å². The molecule has 0 aromatic carbocycles. The van der Waals surface area contributed by atoms with E-state index in [4.69, 9.17) is 0 Å². The van der Waals surface area contributed by atoms with Gasteiger partial charge in [0.05, 0.1) is 11.9 Å². The summed E-state index contributed by atoms with van der Waals surface area (Å²) in [4.78, 5) is 11.5. The molecular weight excluding hydrogens is 188 g/mol. The van der Waals surface area contributed by atoms with Gasteiger partial charge in [-0.05, 0) is 24.8 Å². The van der Waals surface area contributed by atoms with E-state index < -0.39 is 0 Å². The lowest BCUT2D eigenvalue weighted by atomic mass is 9.84. The third-order valence-corrected chi connectivity index (χ3v) is 2.25. The van der Waals surface area contributed by atoms with Gasteiger partial charge in [-0.25, -0.2) is 0 Å². The summed E-state index contributed by atoms with van der Waals surface area (Å²) in [5.41, 5.74) is -0.0739. The molecule has 88 valence electrons. The molecule has 3 heteroatoms. The molecular formula is C12H24N2O. The summed E-state index contributed by atoms with van der Waals surface area (Å²) in [6, 6.07) is -0.150. The van der Waals surface area contributed by atoms with E-state index in [0.29, 0.717) is 0 Å². The van der Waals surface area contributed by atoms with Crippen LogP contribution in [0, 0.1) is 5.41 Å². The molecule has 1 unspecified atom stereocenters. The molecule has 0 fully saturated rings. The molecule has 0 aliphatic heterocycles. The summed E-state index contributed by atoms with van der Waals surface area (Å²) >= 11 is 0. The average Bonchev–Trinajstić information content (AvgIpc) is 2.09. The fourth-order valence-corrected chi connectivity index (χ4v) is 1.52. The Labute approximate surface area is 93.3 Å². The van der Waals surface area contributed by atoms with Crippen LogP contribution < -0.4 is 10.6 Å². The molecule has 0 aliphatic carbocycles. The quantitative estimate of drug-likeness (QED) is 0.733. The van der Waals surface area contributed by atoms with Gasteiger partial charge in [0.15, 0.2) is 5.78 Å². The zero-order valence-corrected chi connectivity index (χ0v) is 10.8. The van der Waals surface area contributed by atoms with Crippen LogP contribution in [0.25, 0.3) is 0 Å². The van der Waals surface area contributed by atoms with Gasteiger partial charge in [0.25, 0.3) is 0 Å². The van der Waals surface area contributed by atoms with Crippen LogP contribution in [0.1, 0.15) is 41.0 Å². The smallest absolute Gasteiger partial charge is 0.152 e. The highest BCUT2D eigenvalue weighted by Crippen LogP contribution is 2.20. The minimum absolute atomic E-state index is 0.0739. The number of hydrogen-bond acceptors (Lipinski definition) is 3. The van der Waals surface area contributed by atoms with Gasteiger partial charge in [0, 0.05) is 7.05 Å². The zero-order chi connectivity index (χ0) is 12.1. The summed E-state index contributed by atoms with van der Waals surface area (Å²) in [5.74, 6) is 1.09. The molecule has 1 atom stereocenters. The lowest BCUT2D eigenvalue weighted by molar-refractivity contribution is -0.121. The van der Waals surface area contributed by atoms with Crippen LogP contribution in [0.15, 0.2) is 11.9 Å². The minimum atomic E-state index is -0.150. The molecule has 0 aliphatic rings. The maximum atomic E-state index is 11.5. The second-order valence-corrected chi connectivity index (χ2v) is 4.83. The summed E-state index contributed by atoms with van der Waals surface area (Å²) in [7, 11) is 1.86. The Morgan fingerprint density at radius 1 is 1.40 bits per heavy atom. The molecule has 0 aromatic heterocycles. The first-order chi connectivity index (χ1) is 6.82. The first-order valence-electron chi connectivity index (χ1n) is 5.47. The summed E-state index contributed by atoms with van der Waals surface area (Å²) in [5, 5.41) is 6.30. The number of hydrogen-bond donors (Lipinski definition) is 2. The molecule has 0 saturated carbocycles. The van der Waals surface area contributed by atoms with Crippen molar-refractivity contribution in [2.45, 2.75) is 47.1 Å². The SMILES string of the molecule is CC/C=C(/NC)NC(C(C)=O)C(C)(C)C. The van der Waals surface area contributed by atoms with Gasteiger partial charge in [-0.15, -0.1) is 0 Å². The highest BCUT2D eigenvalue weighted by Gasteiger charge is 2.28. The van der Waals surface area contributed by atoms with E-state index in [9.17, 15) is 4.79 Å². The Kier molecular flexibility index (Phi) is 5.40. The van der Waals surface area contributed by atoms with Gasteiger partial charge in [-0.3, -0.25) is 4.79 Å². The number of carbonyl (C=O) groups is 1. The monoisotopic (exact) mass is 212 g/mol. The highest BCUT2D eigenvalue weighted by atomic mass is 16.1. The van der Waals surface area contributed by atoms with Crippen molar-refractivity contribution >= 4 is 5.78 Å². The van der Waals surface area contributed by atoms with E-state index >= 15 is 0 Å². The van der Waals surface area contributed by atoms with Crippen molar-refractivity contribution in [1.82, 2.24) is 10.6 Å². The van der Waals surface area contributed by atoms with E-state index in [1.54, 1.807) is 6.92 Å². The molecule has 0 radical (unpaired) electrons. The van der Waals surface area contributed by atoms with E-state index in [2.05, 4.69) is 38.3 Å². The van der Waals surface area contributed by atoms with Crippen LogP contribution in [0.2, 0.25) is 0 Å². The number of Topliss-reactive ketones (excluding diaryl/α,β-unsaturated/α-hetero) is 1. The average molecular weight is 212 g/mol. The van der Waals surface area contributed by atoms with Crippen LogP contribution in [0.3, 0.4) is 0 Å². The Bertz CT molecular complexity index is 238. The minimum Gasteiger partial charge on any atom is -0.375 e. The van der Waals surface area contributed by atoms with Crippen molar-refractivity contribution in [3.05, 3.63) is 11.9 Å². The summed E-state index contributed by atoms with van der Waals surface area (Å²) < 4.78 is 0. The Morgan fingerprint density at radius 3 is 2.20 bits per heavy atom. The second-order valence-electron chi connectivity index (χ2n) is 4.83. The van der Waals surface area contributed by atoms with Crippen molar-refractivity contribution in [2.75, 3.05) is 7.05 Å². The number of carbonyl (C=O) groups excluding carboxylic acids is 1.